The van der Waals surface area contributed by atoms with Crippen molar-refractivity contribution in [1.29, 1.82) is 0 Å². The van der Waals surface area contributed by atoms with Crippen LogP contribution in [-0.4, -0.2) is 20.9 Å². The maximum Gasteiger partial charge on any atom is 0.264 e. The fourth-order valence-electron chi connectivity index (χ4n) is 3.11. The highest BCUT2D eigenvalue weighted by atomic mass is 35.5. The van der Waals surface area contributed by atoms with Crippen molar-refractivity contribution in [3.05, 3.63) is 87.9 Å². The number of hydrogen-bond acceptors (Lipinski definition) is 3. The molecular formula is C23H22Cl2N2O3S. The van der Waals surface area contributed by atoms with E-state index in [9.17, 15) is 13.2 Å². The summed E-state index contributed by atoms with van der Waals surface area (Å²) in [5.74, 6) is -0.536. The first kappa shape index (κ1) is 23.1. The fraction of sp³-hybridized carbons (Fsp3) is 0.174. The number of hydrogen-bond donors (Lipinski definition) is 1. The van der Waals surface area contributed by atoms with Crippen molar-refractivity contribution in [1.82, 2.24) is 0 Å². The van der Waals surface area contributed by atoms with Crippen molar-refractivity contribution in [2.75, 3.05) is 16.2 Å². The van der Waals surface area contributed by atoms with E-state index in [4.69, 9.17) is 23.2 Å². The molecule has 0 spiro atoms. The van der Waals surface area contributed by atoms with Crippen molar-refractivity contribution in [2.24, 2.45) is 0 Å². The van der Waals surface area contributed by atoms with Gasteiger partial charge >= 0.3 is 0 Å². The normalized spacial score (nSPS) is 11.2. The molecule has 1 N–H and O–H groups in total. The van der Waals surface area contributed by atoms with Crippen LogP contribution in [0.4, 0.5) is 11.4 Å². The molecule has 5 nitrogen and oxygen atoms in total. The third-order valence-electron chi connectivity index (χ3n) is 4.76. The molecule has 3 rings (SSSR count). The molecular weight excluding hydrogens is 455 g/mol. The standard InChI is InChI=1S/C23H22Cl2N2O3S/c1-3-17-7-4-5-10-21(17)27(31(29,30)18-13-11-16(2)12-14-18)15-22(28)26-20-9-6-8-19(24)23(20)25/h4-14H,3,15H2,1-2H3,(H,26,28). The van der Waals surface area contributed by atoms with Crippen LogP contribution in [0.25, 0.3) is 0 Å². The molecule has 0 fully saturated rings. The van der Waals surface area contributed by atoms with E-state index >= 15 is 0 Å². The second kappa shape index (κ2) is 9.73. The Morgan fingerprint density at radius 3 is 2.32 bits per heavy atom. The van der Waals surface area contributed by atoms with Crippen LogP contribution in [0.1, 0.15) is 18.1 Å². The first-order valence-corrected chi connectivity index (χ1v) is 11.8. The van der Waals surface area contributed by atoms with Gasteiger partial charge in [0.15, 0.2) is 0 Å². The molecule has 0 aliphatic carbocycles. The first-order chi connectivity index (χ1) is 14.7. The Labute approximate surface area is 192 Å². The van der Waals surface area contributed by atoms with Crippen LogP contribution in [0.3, 0.4) is 0 Å². The Bertz CT molecular complexity index is 1200. The molecule has 0 heterocycles. The lowest BCUT2D eigenvalue weighted by atomic mass is 10.1. The van der Waals surface area contributed by atoms with Gasteiger partial charge in [-0.05, 0) is 49.2 Å². The summed E-state index contributed by atoms with van der Waals surface area (Å²) in [7, 11) is -4.00. The Balaban J connectivity index is 2.01. The average Bonchev–Trinajstić information content (AvgIpc) is 2.75. The van der Waals surface area contributed by atoms with Crippen LogP contribution in [0.5, 0.6) is 0 Å². The van der Waals surface area contributed by atoms with Crippen molar-refractivity contribution in [3.63, 3.8) is 0 Å². The van der Waals surface area contributed by atoms with E-state index in [-0.39, 0.29) is 9.92 Å². The summed E-state index contributed by atoms with van der Waals surface area (Å²) in [4.78, 5) is 13.0. The third-order valence-corrected chi connectivity index (χ3v) is 7.36. The monoisotopic (exact) mass is 476 g/mol. The Kier molecular flexibility index (Phi) is 7.26. The zero-order valence-corrected chi connectivity index (χ0v) is 19.4. The lowest BCUT2D eigenvalue weighted by molar-refractivity contribution is -0.114. The molecule has 0 aromatic heterocycles. The summed E-state index contributed by atoms with van der Waals surface area (Å²) in [6.45, 7) is 3.39. The number of nitrogens with zero attached hydrogens (tertiary/aromatic N) is 1. The summed E-state index contributed by atoms with van der Waals surface area (Å²) < 4.78 is 28.2. The van der Waals surface area contributed by atoms with Crippen LogP contribution in [0.15, 0.2) is 71.6 Å². The molecule has 0 aliphatic rings. The predicted molar refractivity (Wildman–Crippen MR) is 127 cm³/mol. The molecule has 0 aliphatic heterocycles. The molecule has 0 radical (unpaired) electrons. The van der Waals surface area contributed by atoms with Gasteiger partial charge in [-0.2, -0.15) is 0 Å². The highest BCUT2D eigenvalue weighted by molar-refractivity contribution is 7.92. The van der Waals surface area contributed by atoms with Crippen LogP contribution in [0.2, 0.25) is 10.0 Å². The summed E-state index contributed by atoms with van der Waals surface area (Å²) in [6, 6.07) is 18.5. The van der Waals surface area contributed by atoms with E-state index in [0.717, 1.165) is 15.4 Å². The Hall–Kier alpha value is -2.54. The first-order valence-electron chi connectivity index (χ1n) is 9.65. The van der Waals surface area contributed by atoms with Crippen LogP contribution in [0, 0.1) is 6.92 Å². The van der Waals surface area contributed by atoms with Crippen LogP contribution in [-0.2, 0) is 21.2 Å². The van der Waals surface area contributed by atoms with Crippen LogP contribution >= 0.6 is 23.2 Å². The van der Waals surface area contributed by atoms with Gasteiger partial charge in [0.1, 0.15) is 6.54 Å². The van der Waals surface area contributed by atoms with Gasteiger partial charge < -0.3 is 5.32 Å². The number of halogens is 2. The molecule has 0 atom stereocenters. The maximum atomic E-state index is 13.5. The van der Waals surface area contributed by atoms with Gasteiger partial charge in [0.05, 0.1) is 26.3 Å². The Morgan fingerprint density at radius 1 is 0.968 bits per heavy atom. The molecule has 3 aromatic rings. The number of benzene rings is 3. The number of amides is 1. The number of aryl methyl sites for hydroxylation is 2. The summed E-state index contributed by atoms with van der Waals surface area (Å²) in [5, 5.41) is 3.15. The summed E-state index contributed by atoms with van der Waals surface area (Å²) >= 11 is 12.2. The number of nitrogens with one attached hydrogen (secondary N) is 1. The van der Waals surface area contributed by atoms with E-state index in [1.165, 1.54) is 12.1 Å². The topological polar surface area (TPSA) is 66.5 Å². The minimum absolute atomic E-state index is 0.109. The molecule has 162 valence electrons. The minimum atomic E-state index is -4.00. The third kappa shape index (κ3) is 5.21. The van der Waals surface area contributed by atoms with Crippen LogP contribution < -0.4 is 9.62 Å². The molecule has 3 aromatic carbocycles. The number of carbonyl (C=O) groups excluding carboxylic acids is 1. The number of rotatable bonds is 7. The molecule has 0 unspecified atom stereocenters. The van der Waals surface area contributed by atoms with Gasteiger partial charge in [-0.3, -0.25) is 9.10 Å². The molecule has 0 bridgehead atoms. The van der Waals surface area contributed by atoms with E-state index in [1.54, 1.807) is 42.5 Å². The molecule has 0 saturated heterocycles. The van der Waals surface area contributed by atoms with Crippen molar-refractivity contribution < 1.29 is 13.2 Å². The van der Waals surface area contributed by atoms with Crippen molar-refractivity contribution in [2.45, 2.75) is 25.2 Å². The van der Waals surface area contributed by atoms with Gasteiger partial charge in [-0.1, -0.05) is 72.1 Å². The fourth-order valence-corrected chi connectivity index (χ4v) is 4.92. The highest BCUT2D eigenvalue weighted by Gasteiger charge is 2.28. The number of para-hydroxylation sites is 1. The van der Waals surface area contributed by atoms with E-state index in [0.29, 0.717) is 22.8 Å². The minimum Gasteiger partial charge on any atom is -0.323 e. The zero-order valence-electron chi connectivity index (χ0n) is 17.1. The predicted octanol–water partition coefficient (Wildman–Crippen LogP) is 5.70. The van der Waals surface area contributed by atoms with Crippen molar-refractivity contribution >= 4 is 50.5 Å². The van der Waals surface area contributed by atoms with E-state index < -0.39 is 22.5 Å². The lowest BCUT2D eigenvalue weighted by Gasteiger charge is -2.26. The smallest absolute Gasteiger partial charge is 0.264 e. The van der Waals surface area contributed by atoms with E-state index in [1.807, 2.05) is 26.0 Å². The summed E-state index contributed by atoms with van der Waals surface area (Å²) in [5.41, 5.74) is 2.52. The Morgan fingerprint density at radius 2 is 1.65 bits per heavy atom. The lowest BCUT2D eigenvalue weighted by Crippen LogP contribution is -2.38. The quantitative estimate of drug-likeness (QED) is 0.475. The zero-order chi connectivity index (χ0) is 22.6. The number of anilines is 2. The second-order valence-electron chi connectivity index (χ2n) is 6.96. The maximum absolute atomic E-state index is 13.5. The summed E-state index contributed by atoms with van der Waals surface area (Å²) in [6.07, 6.45) is 0.609. The van der Waals surface area contributed by atoms with Gasteiger partial charge in [-0.25, -0.2) is 8.42 Å². The molecule has 1 amide bonds. The highest BCUT2D eigenvalue weighted by Crippen LogP contribution is 2.31. The molecule has 8 heteroatoms. The van der Waals surface area contributed by atoms with Gasteiger partial charge in [0.25, 0.3) is 10.0 Å². The van der Waals surface area contributed by atoms with Gasteiger partial charge in [0.2, 0.25) is 5.91 Å². The second-order valence-corrected chi connectivity index (χ2v) is 9.60. The molecule has 0 saturated carbocycles. The number of carbonyl (C=O) groups is 1. The van der Waals surface area contributed by atoms with Gasteiger partial charge in [0, 0.05) is 0 Å². The van der Waals surface area contributed by atoms with Gasteiger partial charge in [-0.15, -0.1) is 0 Å². The van der Waals surface area contributed by atoms with Crippen molar-refractivity contribution in [3.8, 4) is 0 Å². The average molecular weight is 477 g/mol. The number of sulfonamides is 1. The SMILES string of the molecule is CCc1ccccc1N(CC(=O)Nc1cccc(Cl)c1Cl)S(=O)(=O)c1ccc(C)cc1. The largest absolute Gasteiger partial charge is 0.323 e. The van der Waals surface area contributed by atoms with E-state index in [2.05, 4.69) is 5.32 Å². The molecule has 31 heavy (non-hydrogen) atoms.